The summed E-state index contributed by atoms with van der Waals surface area (Å²) < 4.78 is 0. The van der Waals surface area contributed by atoms with Crippen LogP contribution in [-0.2, 0) is 9.59 Å². The summed E-state index contributed by atoms with van der Waals surface area (Å²) in [5.41, 5.74) is -1.24. The van der Waals surface area contributed by atoms with E-state index in [9.17, 15) is 9.59 Å². The summed E-state index contributed by atoms with van der Waals surface area (Å²) in [6.45, 7) is 0. The second-order valence-electron chi connectivity index (χ2n) is 3.09. The van der Waals surface area contributed by atoms with Gasteiger partial charge in [-0.1, -0.05) is 24.4 Å². The van der Waals surface area contributed by atoms with Gasteiger partial charge in [-0.05, 0) is 0 Å². The fourth-order valence-corrected chi connectivity index (χ4v) is 2.48. The van der Waals surface area contributed by atoms with Crippen molar-refractivity contribution in [1.29, 1.82) is 0 Å². The molecule has 0 bridgehead atoms. The van der Waals surface area contributed by atoms with Gasteiger partial charge in [0.2, 0.25) is 5.41 Å². The van der Waals surface area contributed by atoms with E-state index in [4.69, 9.17) is 24.4 Å². The van der Waals surface area contributed by atoms with E-state index in [1.807, 2.05) is 0 Å². The lowest BCUT2D eigenvalue weighted by atomic mass is 9.71. The van der Waals surface area contributed by atoms with Gasteiger partial charge in [0.05, 0.1) is 0 Å². The predicted molar refractivity (Wildman–Crippen MR) is 53.2 cm³/mol. The van der Waals surface area contributed by atoms with Crippen LogP contribution in [0.3, 0.4) is 0 Å². The predicted octanol–water partition coefficient (Wildman–Crippen LogP) is -0.428. The number of thiocarbonyl (C=S) groups is 2. The molecule has 0 aromatic carbocycles. The van der Waals surface area contributed by atoms with E-state index in [0.29, 0.717) is 9.98 Å². The first-order valence-electron chi connectivity index (χ1n) is 3.61. The van der Waals surface area contributed by atoms with Crippen LogP contribution >= 0.6 is 24.4 Å². The van der Waals surface area contributed by atoms with Gasteiger partial charge in [-0.3, -0.25) is 14.5 Å². The Morgan fingerprint density at radius 1 is 1.00 bits per heavy atom. The molecule has 2 fully saturated rings. The van der Waals surface area contributed by atoms with Gasteiger partial charge in [-0.25, -0.2) is 0 Å². The van der Waals surface area contributed by atoms with Crippen LogP contribution in [0.25, 0.3) is 0 Å². The molecule has 0 N–H and O–H groups in total. The lowest BCUT2D eigenvalue weighted by Crippen LogP contribution is -2.81. The second kappa shape index (κ2) is 2.13. The lowest BCUT2D eigenvalue weighted by molar-refractivity contribution is -0.165. The molecule has 68 valence electrons. The molecule has 13 heavy (non-hydrogen) atoms. The molecule has 2 aliphatic heterocycles. The van der Waals surface area contributed by atoms with Crippen LogP contribution in [0.5, 0.6) is 0 Å². The van der Waals surface area contributed by atoms with Crippen LogP contribution in [0, 0.1) is 5.41 Å². The first-order chi connectivity index (χ1) is 5.95. The number of imide groups is 1. The molecular formula is C7H6N2O2S2. The number of β-lactam (4-membered cyclic amide) rings is 2. The van der Waals surface area contributed by atoms with Crippen LogP contribution in [0.4, 0.5) is 0 Å². The number of carbonyl (C=O) groups is 2. The quantitative estimate of drug-likeness (QED) is 0.311. The van der Waals surface area contributed by atoms with Gasteiger partial charge in [0, 0.05) is 14.1 Å². The Labute approximate surface area is 85.5 Å². The summed E-state index contributed by atoms with van der Waals surface area (Å²) in [4.78, 5) is 26.1. The molecule has 0 unspecified atom stereocenters. The Bertz CT molecular complexity index is 305. The molecule has 2 heterocycles. The zero-order chi connectivity index (χ0) is 9.96. The molecule has 0 atom stereocenters. The Hall–Kier alpha value is -0.880. The number of carbonyl (C=O) groups excluding carboxylic acids is 2. The smallest absolute Gasteiger partial charge is 0.258 e. The molecule has 0 saturated carbocycles. The summed E-state index contributed by atoms with van der Waals surface area (Å²) >= 11 is 9.89. The van der Waals surface area contributed by atoms with Crippen molar-refractivity contribution < 1.29 is 9.59 Å². The summed E-state index contributed by atoms with van der Waals surface area (Å²) in [7, 11) is 3.09. The molecule has 4 nitrogen and oxygen atoms in total. The molecule has 2 aliphatic rings. The van der Waals surface area contributed by atoms with E-state index in [0.717, 1.165) is 4.90 Å². The minimum atomic E-state index is -1.24. The van der Waals surface area contributed by atoms with E-state index in [2.05, 4.69) is 0 Å². The Balaban J connectivity index is 2.46. The molecule has 0 radical (unpaired) electrons. The summed E-state index contributed by atoms with van der Waals surface area (Å²) in [5, 5.41) is 0. The zero-order valence-electron chi connectivity index (χ0n) is 7.03. The topological polar surface area (TPSA) is 40.6 Å². The molecule has 2 rings (SSSR count). The average molecular weight is 214 g/mol. The van der Waals surface area contributed by atoms with Crippen molar-refractivity contribution in [2.75, 3.05) is 14.1 Å². The zero-order valence-corrected chi connectivity index (χ0v) is 8.66. The molecule has 1 spiro atoms. The van der Waals surface area contributed by atoms with Crippen LogP contribution in [0.15, 0.2) is 0 Å². The van der Waals surface area contributed by atoms with Crippen molar-refractivity contribution in [2.45, 2.75) is 0 Å². The normalized spacial score (nSPS) is 25.1. The van der Waals surface area contributed by atoms with Crippen LogP contribution in [-0.4, -0.2) is 45.7 Å². The highest BCUT2D eigenvalue weighted by Crippen LogP contribution is 2.45. The van der Waals surface area contributed by atoms with Gasteiger partial charge in [0.1, 0.15) is 9.98 Å². The van der Waals surface area contributed by atoms with Gasteiger partial charge in [0.25, 0.3) is 11.8 Å². The largest absolute Gasteiger partial charge is 0.330 e. The number of likely N-dealkylation sites (tertiary alicyclic amines) is 2. The van der Waals surface area contributed by atoms with Gasteiger partial charge in [-0.2, -0.15) is 0 Å². The number of nitrogens with zero attached hydrogens (tertiary/aromatic N) is 2. The van der Waals surface area contributed by atoms with Crippen molar-refractivity contribution in [3.8, 4) is 0 Å². The maximum absolute atomic E-state index is 11.4. The standard InChI is InChI=1S/C7H6N2O2S2/c1-8-3(10)7(4(8)11)5(12)9(2)6(7)13/h1-2H3. The molecule has 0 aromatic heterocycles. The van der Waals surface area contributed by atoms with Crippen molar-refractivity contribution in [1.82, 2.24) is 9.80 Å². The fraction of sp³-hybridized carbons (Fsp3) is 0.429. The van der Waals surface area contributed by atoms with Gasteiger partial charge >= 0.3 is 0 Å². The number of hydrogen-bond donors (Lipinski definition) is 0. The third-order valence-electron chi connectivity index (χ3n) is 2.50. The van der Waals surface area contributed by atoms with E-state index < -0.39 is 5.41 Å². The summed E-state index contributed by atoms with van der Waals surface area (Å²) in [6.07, 6.45) is 0. The highest BCUT2D eigenvalue weighted by Gasteiger charge is 2.73. The lowest BCUT2D eigenvalue weighted by Gasteiger charge is -2.55. The minimum absolute atomic E-state index is 0.300. The third kappa shape index (κ3) is 0.604. The van der Waals surface area contributed by atoms with Gasteiger partial charge in [0.15, 0.2) is 0 Å². The first kappa shape index (κ1) is 8.71. The maximum atomic E-state index is 11.4. The monoisotopic (exact) mass is 214 g/mol. The maximum Gasteiger partial charge on any atom is 0.258 e. The molecule has 2 saturated heterocycles. The molecule has 0 aliphatic carbocycles. The number of hydrogen-bond acceptors (Lipinski definition) is 4. The van der Waals surface area contributed by atoms with E-state index in [1.54, 1.807) is 7.05 Å². The van der Waals surface area contributed by atoms with Crippen molar-refractivity contribution in [3.63, 3.8) is 0 Å². The van der Waals surface area contributed by atoms with E-state index in [1.165, 1.54) is 11.9 Å². The minimum Gasteiger partial charge on any atom is -0.330 e. The summed E-state index contributed by atoms with van der Waals surface area (Å²) in [5.74, 6) is -0.601. The van der Waals surface area contributed by atoms with E-state index in [-0.39, 0.29) is 11.8 Å². The second-order valence-corrected chi connectivity index (χ2v) is 3.86. The van der Waals surface area contributed by atoms with Crippen molar-refractivity contribution in [2.24, 2.45) is 5.41 Å². The molecule has 2 amide bonds. The molecular weight excluding hydrogens is 208 g/mol. The van der Waals surface area contributed by atoms with E-state index >= 15 is 0 Å². The van der Waals surface area contributed by atoms with Gasteiger partial charge < -0.3 is 4.90 Å². The van der Waals surface area contributed by atoms with Crippen LogP contribution in [0.1, 0.15) is 0 Å². The van der Waals surface area contributed by atoms with Crippen molar-refractivity contribution in [3.05, 3.63) is 0 Å². The van der Waals surface area contributed by atoms with Crippen LogP contribution in [0.2, 0.25) is 0 Å². The SMILES string of the molecule is CN1C(=O)C2(C1=O)C(=S)N(C)C2=S. The Kier molecular flexibility index (Phi) is 1.43. The van der Waals surface area contributed by atoms with Crippen molar-refractivity contribution >= 4 is 46.2 Å². The number of amides is 2. The molecule has 0 aromatic rings. The third-order valence-corrected chi connectivity index (χ3v) is 3.66. The fourth-order valence-electron chi connectivity index (χ4n) is 1.63. The number of rotatable bonds is 0. The van der Waals surface area contributed by atoms with Gasteiger partial charge in [-0.15, -0.1) is 0 Å². The highest BCUT2D eigenvalue weighted by atomic mass is 32.1. The highest BCUT2D eigenvalue weighted by molar-refractivity contribution is 7.84. The first-order valence-corrected chi connectivity index (χ1v) is 4.42. The Morgan fingerprint density at radius 2 is 1.38 bits per heavy atom. The van der Waals surface area contributed by atoms with Crippen LogP contribution < -0.4 is 0 Å². The summed E-state index contributed by atoms with van der Waals surface area (Å²) in [6, 6.07) is 0. The average Bonchev–Trinajstić information content (AvgIpc) is 2.16. The molecule has 6 heteroatoms. The Morgan fingerprint density at radius 3 is 1.77 bits per heavy atom.